The maximum absolute atomic E-state index is 6.66. The number of nitrogens with zero attached hydrogens (tertiary/aromatic N) is 1. The van der Waals surface area contributed by atoms with Gasteiger partial charge in [-0.1, -0.05) is 0 Å². The molecule has 0 bridgehead atoms. The molecule has 7 rings (SSSR count). The zero-order valence-electron chi connectivity index (χ0n) is 18.2. The standard InChI is InChI=1S/C28H21GeNO2/c1-29(2,3)18-14-22-26-23(15-18)32-28-19-10-6-4-8-16(19)12-20(25(26)28)27-24(31-22)13-17-9-5-7-11-21(17)30-27/h4-15H,1-3H3. The molecule has 0 spiro atoms. The Labute approximate surface area is 187 Å². The van der Waals surface area contributed by atoms with Crippen LogP contribution in [0.3, 0.4) is 0 Å². The van der Waals surface area contributed by atoms with E-state index >= 15 is 0 Å². The fourth-order valence-electron chi connectivity index (χ4n) is 4.88. The second-order valence-electron chi connectivity index (χ2n) is 9.68. The molecule has 0 aliphatic carbocycles. The van der Waals surface area contributed by atoms with Gasteiger partial charge in [-0.2, -0.15) is 0 Å². The van der Waals surface area contributed by atoms with Crippen molar-refractivity contribution in [3.05, 3.63) is 72.8 Å². The van der Waals surface area contributed by atoms with Crippen molar-refractivity contribution < 1.29 is 8.83 Å². The minimum absolute atomic E-state index is 0.802. The Hall–Kier alpha value is -3.31. The first-order valence-electron chi connectivity index (χ1n) is 11.0. The molecule has 3 heterocycles. The number of aromatic nitrogens is 1. The number of fused-ring (bicyclic) bond motifs is 5. The van der Waals surface area contributed by atoms with Crippen LogP contribution < -0.4 is 4.40 Å². The van der Waals surface area contributed by atoms with Crippen molar-refractivity contribution >= 4 is 83.3 Å². The number of furan rings is 1. The Morgan fingerprint density at radius 1 is 0.656 bits per heavy atom. The van der Waals surface area contributed by atoms with E-state index in [1.807, 2.05) is 12.1 Å². The van der Waals surface area contributed by atoms with Gasteiger partial charge >= 0.3 is 187 Å². The molecule has 4 aromatic carbocycles. The molecule has 0 aliphatic heterocycles. The molecule has 7 aromatic rings. The molecule has 32 heavy (non-hydrogen) atoms. The van der Waals surface area contributed by atoms with E-state index in [4.69, 9.17) is 13.8 Å². The van der Waals surface area contributed by atoms with Crippen molar-refractivity contribution in [3.63, 3.8) is 0 Å². The van der Waals surface area contributed by atoms with Gasteiger partial charge in [0.25, 0.3) is 0 Å². The van der Waals surface area contributed by atoms with Crippen LogP contribution in [-0.4, -0.2) is 18.3 Å². The molecule has 0 N–H and O–H groups in total. The van der Waals surface area contributed by atoms with Crippen LogP contribution >= 0.6 is 0 Å². The molecule has 0 atom stereocenters. The number of benzene rings is 4. The van der Waals surface area contributed by atoms with Crippen LogP contribution in [0.5, 0.6) is 0 Å². The summed E-state index contributed by atoms with van der Waals surface area (Å²) >= 11 is -2.13. The van der Waals surface area contributed by atoms with Gasteiger partial charge in [-0.3, -0.25) is 0 Å². The Balaban J connectivity index is 1.84. The molecular formula is C28H21GeNO2. The summed E-state index contributed by atoms with van der Waals surface area (Å²) in [6.07, 6.45) is 0. The van der Waals surface area contributed by atoms with Crippen molar-refractivity contribution in [1.29, 1.82) is 0 Å². The second kappa shape index (κ2) is 6.14. The number of hydrogen-bond donors (Lipinski definition) is 0. The molecule has 0 fully saturated rings. The Kier molecular flexibility index (Phi) is 3.51. The first-order chi connectivity index (χ1) is 15.5. The van der Waals surface area contributed by atoms with Gasteiger partial charge in [0.05, 0.1) is 0 Å². The molecule has 154 valence electrons. The van der Waals surface area contributed by atoms with Crippen LogP contribution in [0.15, 0.2) is 81.6 Å². The van der Waals surface area contributed by atoms with Crippen LogP contribution in [0.2, 0.25) is 17.3 Å². The number of hydrogen-bond acceptors (Lipinski definition) is 3. The minimum atomic E-state index is -2.13. The molecule has 3 nitrogen and oxygen atoms in total. The summed E-state index contributed by atoms with van der Waals surface area (Å²) in [4.78, 5) is 5.07. The van der Waals surface area contributed by atoms with Crippen LogP contribution in [-0.2, 0) is 0 Å². The van der Waals surface area contributed by atoms with E-state index in [-0.39, 0.29) is 0 Å². The van der Waals surface area contributed by atoms with Crippen molar-refractivity contribution in [1.82, 2.24) is 4.98 Å². The van der Waals surface area contributed by atoms with Crippen LogP contribution in [0.1, 0.15) is 0 Å². The predicted molar refractivity (Wildman–Crippen MR) is 137 cm³/mol. The number of rotatable bonds is 1. The molecular weight excluding hydrogens is 455 g/mol. The molecule has 0 aliphatic rings. The van der Waals surface area contributed by atoms with Crippen LogP contribution in [0, 0.1) is 0 Å². The molecule has 0 radical (unpaired) electrons. The molecule has 4 heteroatoms. The van der Waals surface area contributed by atoms with E-state index in [9.17, 15) is 0 Å². The van der Waals surface area contributed by atoms with Gasteiger partial charge in [0.2, 0.25) is 0 Å². The quantitative estimate of drug-likeness (QED) is 0.228. The predicted octanol–water partition coefficient (Wildman–Crippen LogP) is 7.73. The zero-order valence-corrected chi connectivity index (χ0v) is 20.3. The molecule has 0 amide bonds. The van der Waals surface area contributed by atoms with Gasteiger partial charge in [0.1, 0.15) is 0 Å². The van der Waals surface area contributed by atoms with Crippen molar-refractivity contribution in [2.45, 2.75) is 17.3 Å². The van der Waals surface area contributed by atoms with E-state index in [0.717, 1.165) is 65.7 Å². The fourth-order valence-corrected chi connectivity index (χ4v) is 7.25. The molecule has 0 saturated heterocycles. The summed E-state index contributed by atoms with van der Waals surface area (Å²) in [5.41, 5.74) is 5.34. The number of pyridine rings is 1. The van der Waals surface area contributed by atoms with Crippen LogP contribution in [0.4, 0.5) is 0 Å². The summed E-state index contributed by atoms with van der Waals surface area (Å²) in [6, 6.07) is 25.5. The Bertz CT molecular complexity index is 1870. The van der Waals surface area contributed by atoms with Gasteiger partial charge in [-0.05, 0) is 0 Å². The second-order valence-corrected chi connectivity index (χ2v) is 20.3. The molecule has 3 aromatic heterocycles. The first kappa shape index (κ1) is 18.3. The summed E-state index contributed by atoms with van der Waals surface area (Å²) in [7, 11) is 0. The SMILES string of the molecule is [CH3][Ge]([CH3])([CH3])[c]1cc2oc3cc4ccccc4nc3c3cc4ccccc4c4oc(c1)c2c34. The average molecular weight is 476 g/mol. The Morgan fingerprint density at radius 3 is 2.19 bits per heavy atom. The van der Waals surface area contributed by atoms with Crippen molar-refractivity contribution in [3.8, 4) is 0 Å². The van der Waals surface area contributed by atoms with Gasteiger partial charge in [0.15, 0.2) is 0 Å². The normalized spacial score (nSPS) is 12.8. The maximum atomic E-state index is 6.66. The van der Waals surface area contributed by atoms with Crippen LogP contribution in [0.25, 0.3) is 65.7 Å². The summed E-state index contributed by atoms with van der Waals surface area (Å²) in [5, 5.41) is 6.57. The van der Waals surface area contributed by atoms with E-state index < -0.39 is 13.3 Å². The summed E-state index contributed by atoms with van der Waals surface area (Å²) in [5.74, 6) is 7.20. The summed E-state index contributed by atoms with van der Waals surface area (Å²) in [6.45, 7) is 0. The van der Waals surface area contributed by atoms with Gasteiger partial charge in [-0.25, -0.2) is 0 Å². The van der Waals surface area contributed by atoms with Crippen molar-refractivity contribution in [2.75, 3.05) is 0 Å². The molecule has 0 unspecified atom stereocenters. The third kappa shape index (κ3) is 2.46. The first-order valence-corrected chi connectivity index (χ1v) is 18.3. The van der Waals surface area contributed by atoms with E-state index in [0.29, 0.717) is 0 Å². The van der Waals surface area contributed by atoms with Gasteiger partial charge in [-0.15, -0.1) is 0 Å². The average Bonchev–Trinajstić information content (AvgIpc) is 3.11. The van der Waals surface area contributed by atoms with E-state index in [1.165, 1.54) is 4.40 Å². The van der Waals surface area contributed by atoms with E-state index in [1.54, 1.807) is 0 Å². The monoisotopic (exact) mass is 477 g/mol. The third-order valence-electron chi connectivity index (χ3n) is 6.56. The topological polar surface area (TPSA) is 39.2 Å². The fraction of sp³-hybridized carbons (Fsp3) is 0.107. The van der Waals surface area contributed by atoms with E-state index in [2.05, 4.69) is 77.9 Å². The molecule has 0 saturated carbocycles. The van der Waals surface area contributed by atoms with Gasteiger partial charge < -0.3 is 0 Å². The number of para-hydroxylation sites is 1. The third-order valence-corrected chi connectivity index (χ3v) is 10.8. The zero-order chi connectivity index (χ0) is 21.6. The summed E-state index contributed by atoms with van der Waals surface area (Å²) < 4.78 is 14.6. The van der Waals surface area contributed by atoms with Crippen molar-refractivity contribution in [2.24, 2.45) is 0 Å². The van der Waals surface area contributed by atoms with Gasteiger partial charge in [0, 0.05) is 0 Å². The Morgan fingerprint density at radius 2 is 1.38 bits per heavy atom.